The molecule has 0 aromatic heterocycles. The van der Waals surface area contributed by atoms with Crippen LogP contribution in [-0.2, 0) is 4.79 Å². The second-order valence-electron chi connectivity index (χ2n) is 2.20. The third-order valence-electron chi connectivity index (χ3n) is 1.25. The first kappa shape index (κ1) is 8.73. The zero-order chi connectivity index (χ0) is 9.14. The van der Waals surface area contributed by atoms with E-state index in [2.05, 4.69) is 5.43 Å². The number of carboxylic acid groups (broad SMARTS) is 1. The summed E-state index contributed by atoms with van der Waals surface area (Å²) in [6.45, 7) is -0.230. The molecule has 5 nitrogen and oxygen atoms in total. The number of carbonyl (C=O) groups is 1. The molecule has 6 heteroatoms. The summed E-state index contributed by atoms with van der Waals surface area (Å²) >= 11 is 5.58. The number of nitrogens with zero attached hydrogens (tertiary/aromatic N) is 1. The predicted octanol–water partition coefficient (Wildman–Crippen LogP) is -0.228. The highest BCUT2D eigenvalue weighted by Crippen LogP contribution is 2.07. The molecule has 1 heterocycles. The van der Waals surface area contributed by atoms with E-state index >= 15 is 0 Å². The van der Waals surface area contributed by atoms with Crippen LogP contribution < -0.4 is 11.2 Å². The zero-order valence-electron chi connectivity index (χ0n) is 6.12. The molecule has 0 saturated heterocycles. The van der Waals surface area contributed by atoms with Crippen molar-refractivity contribution < 1.29 is 9.90 Å². The van der Waals surface area contributed by atoms with E-state index in [9.17, 15) is 4.79 Å². The van der Waals surface area contributed by atoms with Crippen molar-refractivity contribution in [3.63, 3.8) is 0 Å². The Morgan fingerprint density at radius 3 is 3.00 bits per heavy atom. The summed E-state index contributed by atoms with van der Waals surface area (Å²) < 4.78 is 0. The lowest BCUT2D eigenvalue weighted by atomic mass is 10.4. The van der Waals surface area contributed by atoms with Gasteiger partial charge in [-0.3, -0.25) is 15.2 Å². The molecule has 1 aliphatic rings. The third kappa shape index (κ3) is 2.06. The molecular weight excluding hydrogens is 182 g/mol. The van der Waals surface area contributed by atoms with Gasteiger partial charge >= 0.3 is 5.97 Å². The minimum Gasteiger partial charge on any atom is -0.480 e. The van der Waals surface area contributed by atoms with Crippen LogP contribution in [0.15, 0.2) is 23.1 Å². The lowest BCUT2D eigenvalue weighted by Crippen LogP contribution is -2.43. The van der Waals surface area contributed by atoms with E-state index < -0.39 is 5.97 Å². The Kier molecular flexibility index (Phi) is 2.44. The van der Waals surface area contributed by atoms with Gasteiger partial charge in [-0.05, 0) is 12.2 Å². The maximum absolute atomic E-state index is 10.3. The fourth-order valence-corrected chi connectivity index (χ4v) is 0.910. The topological polar surface area (TPSA) is 78.6 Å². The molecule has 1 aliphatic heterocycles. The van der Waals surface area contributed by atoms with Crippen molar-refractivity contribution in [2.45, 2.75) is 0 Å². The lowest BCUT2D eigenvalue weighted by Gasteiger charge is -2.26. The molecule has 66 valence electrons. The van der Waals surface area contributed by atoms with Crippen LogP contribution in [-0.4, -0.2) is 22.6 Å². The summed E-state index contributed by atoms with van der Waals surface area (Å²) in [6, 6.07) is 0. The van der Waals surface area contributed by atoms with Gasteiger partial charge in [0.15, 0.2) is 0 Å². The minimum absolute atomic E-state index is 0.230. The monoisotopic (exact) mass is 189 g/mol. The Labute approximate surface area is 74.1 Å². The smallest absolute Gasteiger partial charge is 0.325 e. The van der Waals surface area contributed by atoms with E-state index in [0.717, 1.165) is 0 Å². The highest BCUT2D eigenvalue weighted by atomic mass is 35.5. The highest BCUT2D eigenvalue weighted by molar-refractivity contribution is 6.29. The normalized spacial score (nSPS) is 16.2. The standard InChI is InChI=1S/C6H8ClN3O2/c7-4-1-2-5(8)10(9-4)3-6(11)12/h1-2,9H,3,8H2,(H,11,12). The highest BCUT2D eigenvalue weighted by Gasteiger charge is 2.13. The molecule has 0 spiro atoms. The molecule has 0 unspecified atom stereocenters. The Morgan fingerprint density at radius 1 is 1.75 bits per heavy atom. The fraction of sp³-hybridized carbons (Fsp3) is 0.167. The van der Waals surface area contributed by atoms with Gasteiger partial charge in [-0.15, -0.1) is 0 Å². The molecule has 12 heavy (non-hydrogen) atoms. The second kappa shape index (κ2) is 3.36. The molecule has 0 bridgehead atoms. The van der Waals surface area contributed by atoms with Crippen molar-refractivity contribution in [2.24, 2.45) is 5.73 Å². The first-order chi connectivity index (χ1) is 5.59. The molecule has 0 atom stereocenters. The number of rotatable bonds is 2. The van der Waals surface area contributed by atoms with Crippen molar-refractivity contribution in [2.75, 3.05) is 6.54 Å². The Bertz CT molecular complexity index is 260. The quantitative estimate of drug-likeness (QED) is 0.523. The molecule has 1 rings (SSSR count). The number of halogens is 1. The van der Waals surface area contributed by atoms with E-state index in [1.54, 1.807) is 6.08 Å². The van der Waals surface area contributed by atoms with Crippen molar-refractivity contribution in [3.8, 4) is 0 Å². The Hall–Kier alpha value is -1.36. The maximum atomic E-state index is 10.3. The van der Waals surface area contributed by atoms with Gasteiger partial charge in [-0.25, -0.2) is 0 Å². The Balaban J connectivity index is 2.64. The number of hydrogen-bond donors (Lipinski definition) is 3. The number of nitrogens with two attached hydrogens (primary N) is 1. The van der Waals surface area contributed by atoms with Gasteiger partial charge in [0, 0.05) is 0 Å². The fourth-order valence-electron chi connectivity index (χ4n) is 0.745. The van der Waals surface area contributed by atoms with Gasteiger partial charge < -0.3 is 10.8 Å². The van der Waals surface area contributed by atoms with Crippen LogP contribution in [0.25, 0.3) is 0 Å². The van der Waals surface area contributed by atoms with Crippen LogP contribution in [0, 0.1) is 0 Å². The molecular formula is C6H8ClN3O2. The first-order valence-corrected chi connectivity index (χ1v) is 3.56. The summed E-state index contributed by atoms with van der Waals surface area (Å²) in [4.78, 5) is 10.3. The van der Waals surface area contributed by atoms with Crippen molar-refractivity contribution in [1.29, 1.82) is 0 Å². The molecule has 0 saturated carbocycles. The maximum Gasteiger partial charge on any atom is 0.325 e. The average Bonchev–Trinajstić information content (AvgIpc) is 1.96. The summed E-state index contributed by atoms with van der Waals surface area (Å²) in [5, 5.41) is 10.0. The molecule has 0 aliphatic carbocycles. The number of nitrogens with one attached hydrogen (secondary N) is 1. The van der Waals surface area contributed by atoms with Crippen LogP contribution in [0.5, 0.6) is 0 Å². The number of carboxylic acids is 1. The van der Waals surface area contributed by atoms with Crippen molar-refractivity contribution >= 4 is 17.6 Å². The van der Waals surface area contributed by atoms with Gasteiger partial charge in [-0.2, -0.15) is 0 Å². The van der Waals surface area contributed by atoms with Gasteiger partial charge in [0.2, 0.25) is 0 Å². The molecule has 0 fully saturated rings. The van der Waals surface area contributed by atoms with Gasteiger partial charge in [0.05, 0.1) is 0 Å². The minimum atomic E-state index is -0.981. The SMILES string of the molecule is NC1=CC=C(Cl)NN1CC(=O)O. The van der Waals surface area contributed by atoms with E-state index in [-0.39, 0.29) is 6.54 Å². The number of hydrazine groups is 1. The third-order valence-corrected chi connectivity index (χ3v) is 1.46. The molecule has 0 radical (unpaired) electrons. The number of aliphatic carboxylic acids is 1. The van der Waals surface area contributed by atoms with Crippen molar-refractivity contribution in [3.05, 3.63) is 23.1 Å². The van der Waals surface area contributed by atoms with Crippen LogP contribution in [0.4, 0.5) is 0 Å². The zero-order valence-corrected chi connectivity index (χ0v) is 6.88. The van der Waals surface area contributed by atoms with Crippen molar-refractivity contribution in [1.82, 2.24) is 10.4 Å². The van der Waals surface area contributed by atoms with Gasteiger partial charge in [-0.1, -0.05) is 11.6 Å². The van der Waals surface area contributed by atoms with E-state index in [1.165, 1.54) is 11.1 Å². The van der Waals surface area contributed by atoms with E-state index in [4.69, 9.17) is 22.4 Å². The second-order valence-corrected chi connectivity index (χ2v) is 2.61. The average molecular weight is 190 g/mol. The predicted molar refractivity (Wildman–Crippen MR) is 43.7 cm³/mol. The molecule has 4 N–H and O–H groups in total. The van der Waals surface area contributed by atoms with Crippen LogP contribution >= 0.6 is 11.6 Å². The summed E-state index contributed by atoms with van der Waals surface area (Å²) in [7, 11) is 0. The Morgan fingerprint density at radius 2 is 2.42 bits per heavy atom. The van der Waals surface area contributed by atoms with Gasteiger partial charge in [0.1, 0.15) is 17.5 Å². The van der Waals surface area contributed by atoms with Crippen LogP contribution in [0.3, 0.4) is 0 Å². The van der Waals surface area contributed by atoms with Crippen LogP contribution in [0.1, 0.15) is 0 Å². The summed E-state index contributed by atoms with van der Waals surface area (Å²) in [5.74, 6) is -0.660. The molecule has 0 amide bonds. The largest absolute Gasteiger partial charge is 0.480 e. The summed E-state index contributed by atoms with van der Waals surface area (Å²) in [5.41, 5.74) is 8.03. The number of allylic oxidation sites excluding steroid dienone is 2. The summed E-state index contributed by atoms with van der Waals surface area (Å²) in [6.07, 6.45) is 3.08. The van der Waals surface area contributed by atoms with E-state index in [1.807, 2.05) is 0 Å². The van der Waals surface area contributed by atoms with Gasteiger partial charge in [0.25, 0.3) is 0 Å². The molecule has 0 aromatic carbocycles. The molecule has 0 aromatic rings. The van der Waals surface area contributed by atoms with E-state index in [0.29, 0.717) is 11.0 Å². The van der Waals surface area contributed by atoms with Crippen LogP contribution in [0.2, 0.25) is 0 Å². The first-order valence-electron chi connectivity index (χ1n) is 3.18. The lowest BCUT2D eigenvalue weighted by molar-refractivity contribution is -0.138. The number of hydrogen-bond acceptors (Lipinski definition) is 4.